The fourth-order valence-corrected chi connectivity index (χ4v) is 4.70. The summed E-state index contributed by atoms with van der Waals surface area (Å²) in [4.78, 5) is 27.9. The van der Waals surface area contributed by atoms with E-state index in [1.54, 1.807) is 24.3 Å². The van der Waals surface area contributed by atoms with Crippen molar-refractivity contribution < 1.29 is 28.7 Å². The standard InChI is InChI=1S/C23H19N3O7S2/c1-30-15-11-13(12-16(31-2)20(15)32-3)19-22(33-14-7-5-4-6-8-14)35-23(24-19)25-21(27)17-9-10-18(34-17)26(28)29/h4-12H,1-3H3,(H,24,25,27). The van der Waals surface area contributed by atoms with Crippen LogP contribution in [0.3, 0.4) is 0 Å². The van der Waals surface area contributed by atoms with Gasteiger partial charge < -0.3 is 18.9 Å². The van der Waals surface area contributed by atoms with Crippen LogP contribution in [0.4, 0.5) is 10.1 Å². The SMILES string of the molecule is COc1cc(-c2nc(NC(=O)c3ccc([N+](=O)[O-])s3)sc2Oc2ccccc2)cc(OC)c1OC. The molecule has 10 nitrogen and oxygen atoms in total. The van der Waals surface area contributed by atoms with E-state index in [4.69, 9.17) is 18.9 Å². The number of amides is 1. The van der Waals surface area contributed by atoms with Crippen LogP contribution in [0.2, 0.25) is 0 Å². The molecule has 12 heteroatoms. The first-order valence-corrected chi connectivity index (χ1v) is 11.7. The maximum atomic E-state index is 12.7. The van der Waals surface area contributed by atoms with Gasteiger partial charge in [-0.1, -0.05) is 40.9 Å². The number of rotatable bonds is 9. The average Bonchev–Trinajstić information content (AvgIpc) is 3.51. The van der Waals surface area contributed by atoms with Crippen LogP contribution in [0, 0.1) is 10.1 Å². The molecule has 0 unspecified atom stereocenters. The van der Waals surface area contributed by atoms with Crippen LogP contribution >= 0.6 is 22.7 Å². The van der Waals surface area contributed by atoms with Crippen molar-refractivity contribution in [2.75, 3.05) is 26.6 Å². The number of methoxy groups -OCH3 is 3. The summed E-state index contributed by atoms with van der Waals surface area (Å²) >= 11 is 1.89. The van der Waals surface area contributed by atoms with Crippen LogP contribution in [-0.2, 0) is 0 Å². The van der Waals surface area contributed by atoms with Crippen molar-refractivity contribution in [2.24, 2.45) is 0 Å². The number of benzene rings is 2. The second kappa shape index (κ2) is 10.4. The Hall–Kier alpha value is -4.16. The Bertz CT molecular complexity index is 1340. The Morgan fingerprint density at radius 1 is 0.971 bits per heavy atom. The van der Waals surface area contributed by atoms with Crippen molar-refractivity contribution >= 4 is 38.7 Å². The Morgan fingerprint density at radius 3 is 2.23 bits per heavy atom. The van der Waals surface area contributed by atoms with E-state index in [0.717, 1.165) is 22.7 Å². The Morgan fingerprint density at radius 2 is 1.66 bits per heavy atom. The van der Waals surface area contributed by atoms with Gasteiger partial charge in [-0.05, 0) is 30.3 Å². The minimum absolute atomic E-state index is 0.125. The number of anilines is 1. The number of para-hydroxylation sites is 1. The number of nitro groups is 1. The first-order valence-electron chi connectivity index (χ1n) is 10.0. The number of nitrogens with zero attached hydrogens (tertiary/aromatic N) is 2. The third-order valence-corrected chi connectivity index (χ3v) is 6.59. The van der Waals surface area contributed by atoms with E-state index in [9.17, 15) is 14.9 Å². The van der Waals surface area contributed by atoms with Gasteiger partial charge >= 0.3 is 5.00 Å². The Labute approximate surface area is 207 Å². The molecule has 0 fully saturated rings. The number of carbonyl (C=O) groups is 1. The molecular weight excluding hydrogens is 494 g/mol. The molecule has 1 amide bonds. The van der Waals surface area contributed by atoms with E-state index in [2.05, 4.69) is 10.3 Å². The summed E-state index contributed by atoms with van der Waals surface area (Å²) in [5.74, 6) is 1.34. The number of aromatic nitrogens is 1. The van der Waals surface area contributed by atoms with E-state index in [-0.39, 0.29) is 15.0 Å². The number of thiophene rings is 1. The molecule has 2 aromatic heterocycles. The van der Waals surface area contributed by atoms with Gasteiger partial charge in [0.25, 0.3) is 5.91 Å². The van der Waals surface area contributed by atoms with Crippen molar-refractivity contribution in [3.05, 3.63) is 69.6 Å². The van der Waals surface area contributed by atoms with Gasteiger partial charge in [-0.15, -0.1) is 0 Å². The van der Waals surface area contributed by atoms with Crippen molar-refractivity contribution in [1.82, 2.24) is 4.98 Å². The largest absolute Gasteiger partial charge is 0.493 e. The fraction of sp³-hybridized carbons (Fsp3) is 0.130. The second-order valence-corrected chi connectivity index (χ2v) is 8.86. The molecule has 0 aliphatic heterocycles. The summed E-state index contributed by atoms with van der Waals surface area (Å²) in [6, 6.07) is 15.3. The summed E-state index contributed by atoms with van der Waals surface area (Å²) in [5, 5.41) is 14.2. The van der Waals surface area contributed by atoms with Crippen molar-refractivity contribution in [3.63, 3.8) is 0 Å². The molecule has 0 radical (unpaired) electrons. The van der Waals surface area contributed by atoms with Crippen LogP contribution in [0.25, 0.3) is 11.3 Å². The number of thiazole rings is 1. The molecule has 0 saturated heterocycles. The third kappa shape index (κ3) is 5.18. The Balaban J connectivity index is 1.74. The molecule has 35 heavy (non-hydrogen) atoms. The minimum Gasteiger partial charge on any atom is -0.493 e. The lowest BCUT2D eigenvalue weighted by Crippen LogP contribution is -2.09. The predicted molar refractivity (Wildman–Crippen MR) is 133 cm³/mol. The second-order valence-electron chi connectivity index (χ2n) is 6.83. The molecule has 4 rings (SSSR count). The smallest absolute Gasteiger partial charge is 0.324 e. The lowest BCUT2D eigenvalue weighted by molar-refractivity contribution is -0.380. The first kappa shape index (κ1) is 24.0. The normalized spacial score (nSPS) is 10.5. The van der Waals surface area contributed by atoms with Crippen molar-refractivity contribution in [2.45, 2.75) is 0 Å². The molecule has 1 N–H and O–H groups in total. The number of nitrogens with one attached hydrogen (secondary N) is 1. The topological polar surface area (TPSA) is 122 Å². The molecule has 180 valence electrons. The summed E-state index contributed by atoms with van der Waals surface area (Å²) in [7, 11) is 4.53. The molecule has 0 aliphatic rings. The maximum Gasteiger partial charge on any atom is 0.324 e. The van der Waals surface area contributed by atoms with Gasteiger partial charge in [-0.2, -0.15) is 0 Å². The highest BCUT2D eigenvalue weighted by Gasteiger charge is 2.23. The van der Waals surface area contributed by atoms with Crippen molar-refractivity contribution in [1.29, 1.82) is 0 Å². The zero-order valence-electron chi connectivity index (χ0n) is 18.8. The summed E-state index contributed by atoms with van der Waals surface area (Å²) in [5.41, 5.74) is 1.04. The van der Waals surface area contributed by atoms with Gasteiger partial charge in [0.2, 0.25) is 10.8 Å². The number of ether oxygens (including phenoxy) is 4. The van der Waals surface area contributed by atoms with Gasteiger partial charge in [0.15, 0.2) is 16.6 Å². The highest BCUT2D eigenvalue weighted by Crippen LogP contribution is 2.46. The van der Waals surface area contributed by atoms with E-state index >= 15 is 0 Å². The molecule has 0 spiro atoms. The molecular formula is C23H19N3O7S2. The van der Waals surface area contributed by atoms with Crippen LogP contribution in [0.15, 0.2) is 54.6 Å². The molecule has 0 bridgehead atoms. The number of carbonyl (C=O) groups excluding carboxylic acids is 1. The average molecular weight is 514 g/mol. The van der Waals surface area contributed by atoms with Gasteiger partial charge in [0.1, 0.15) is 11.4 Å². The van der Waals surface area contributed by atoms with Crippen molar-refractivity contribution in [3.8, 4) is 39.3 Å². The monoisotopic (exact) mass is 513 g/mol. The highest BCUT2D eigenvalue weighted by molar-refractivity contribution is 7.19. The third-order valence-electron chi connectivity index (χ3n) is 4.70. The van der Waals surface area contributed by atoms with Gasteiger partial charge in [0.05, 0.1) is 31.1 Å². The summed E-state index contributed by atoms with van der Waals surface area (Å²) in [6.45, 7) is 0. The zero-order valence-corrected chi connectivity index (χ0v) is 20.4. The molecule has 0 atom stereocenters. The zero-order chi connectivity index (χ0) is 24.9. The lowest BCUT2D eigenvalue weighted by atomic mass is 10.1. The van der Waals surface area contributed by atoms with Gasteiger partial charge in [0, 0.05) is 11.6 Å². The van der Waals surface area contributed by atoms with Crippen LogP contribution < -0.4 is 24.3 Å². The van der Waals surface area contributed by atoms with E-state index in [0.29, 0.717) is 39.3 Å². The highest BCUT2D eigenvalue weighted by atomic mass is 32.1. The number of hydrogen-bond donors (Lipinski definition) is 1. The Kier molecular flexibility index (Phi) is 7.13. The molecule has 0 saturated carbocycles. The molecule has 0 aliphatic carbocycles. The lowest BCUT2D eigenvalue weighted by Gasteiger charge is -2.14. The molecule has 4 aromatic rings. The van der Waals surface area contributed by atoms with E-state index in [1.807, 2.05) is 18.2 Å². The predicted octanol–water partition coefficient (Wildman–Crippen LogP) is 5.85. The molecule has 2 heterocycles. The van der Waals surface area contributed by atoms with Gasteiger partial charge in [-0.3, -0.25) is 20.2 Å². The van der Waals surface area contributed by atoms with Crippen LogP contribution in [0.1, 0.15) is 9.67 Å². The molecule has 2 aromatic carbocycles. The maximum absolute atomic E-state index is 12.7. The van der Waals surface area contributed by atoms with E-state index in [1.165, 1.54) is 33.5 Å². The quantitative estimate of drug-likeness (QED) is 0.218. The summed E-state index contributed by atoms with van der Waals surface area (Å²) < 4.78 is 22.4. The van der Waals surface area contributed by atoms with Gasteiger partial charge in [-0.25, -0.2) is 4.98 Å². The first-order chi connectivity index (χ1) is 16.9. The number of hydrogen-bond acceptors (Lipinski definition) is 10. The fourth-order valence-electron chi connectivity index (χ4n) is 3.13. The van der Waals surface area contributed by atoms with Crippen LogP contribution in [0.5, 0.6) is 28.1 Å². The summed E-state index contributed by atoms with van der Waals surface area (Å²) in [6.07, 6.45) is 0. The minimum atomic E-state index is -0.542. The van der Waals surface area contributed by atoms with Crippen LogP contribution in [-0.4, -0.2) is 37.1 Å². The van der Waals surface area contributed by atoms with E-state index < -0.39 is 10.8 Å².